The van der Waals surface area contributed by atoms with Crippen molar-refractivity contribution >= 4 is 23.0 Å². The van der Waals surface area contributed by atoms with Gasteiger partial charge in [0.1, 0.15) is 11.9 Å². The van der Waals surface area contributed by atoms with Crippen LogP contribution in [0.1, 0.15) is 11.6 Å². The molecule has 1 unspecified atom stereocenters. The van der Waals surface area contributed by atoms with E-state index in [-0.39, 0.29) is 11.7 Å². The number of amides is 1. The highest BCUT2D eigenvalue weighted by Crippen LogP contribution is 2.33. The first-order chi connectivity index (χ1) is 10.0. The van der Waals surface area contributed by atoms with Crippen LogP contribution < -0.4 is 15.5 Å². The van der Waals surface area contributed by atoms with Gasteiger partial charge in [0.05, 0.1) is 0 Å². The Kier molecular flexibility index (Phi) is 3.25. The second kappa shape index (κ2) is 5.09. The van der Waals surface area contributed by atoms with Gasteiger partial charge in [0.25, 0.3) is 5.91 Å². The lowest BCUT2D eigenvalue weighted by atomic mass is 10.1. The zero-order valence-electron chi connectivity index (χ0n) is 11.9. The number of fused-ring (bicyclic) bond motifs is 1. The van der Waals surface area contributed by atoms with Crippen LogP contribution in [0.25, 0.3) is 0 Å². The summed E-state index contributed by atoms with van der Waals surface area (Å²) in [5.41, 5.74) is 3.18. The molecule has 2 N–H and O–H groups in total. The molecule has 5 heteroatoms. The van der Waals surface area contributed by atoms with Crippen LogP contribution in [0.4, 0.5) is 21.5 Å². The number of nitrogens with one attached hydrogen (secondary N) is 2. The Morgan fingerprint density at radius 2 is 1.86 bits per heavy atom. The fourth-order valence-corrected chi connectivity index (χ4v) is 2.40. The van der Waals surface area contributed by atoms with Crippen LogP contribution in [0.15, 0.2) is 42.5 Å². The van der Waals surface area contributed by atoms with E-state index in [4.69, 9.17) is 0 Å². The quantitative estimate of drug-likeness (QED) is 0.911. The molecule has 1 aliphatic rings. The van der Waals surface area contributed by atoms with Crippen molar-refractivity contribution in [1.82, 2.24) is 0 Å². The average Bonchev–Trinajstić information content (AvgIpc) is 2.76. The van der Waals surface area contributed by atoms with Crippen LogP contribution in [0.5, 0.6) is 0 Å². The molecule has 1 heterocycles. The van der Waals surface area contributed by atoms with Crippen molar-refractivity contribution < 1.29 is 9.18 Å². The molecule has 1 amide bonds. The maximum absolute atomic E-state index is 13.4. The minimum absolute atomic E-state index is 0.174. The smallest absolute Gasteiger partial charge is 0.251 e. The second-order valence-corrected chi connectivity index (χ2v) is 5.24. The molecule has 1 atom stereocenters. The van der Waals surface area contributed by atoms with Gasteiger partial charge in [-0.2, -0.15) is 0 Å². The minimum Gasteiger partial charge on any atom is -0.378 e. The summed E-state index contributed by atoms with van der Waals surface area (Å²) in [7, 11) is 3.93. The number of carbonyl (C=O) groups is 1. The maximum atomic E-state index is 13.4. The number of anilines is 3. The number of halogens is 1. The summed E-state index contributed by atoms with van der Waals surface area (Å²) < 4.78 is 13.4. The molecule has 0 fully saturated rings. The lowest BCUT2D eigenvalue weighted by Gasteiger charge is -2.16. The monoisotopic (exact) mass is 285 g/mol. The number of nitrogens with zero attached hydrogens (tertiary/aromatic N) is 1. The van der Waals surface area contributed by atoms with Gasteiger partial charge in [-0.3, -0.25) is 4.79 Å². The van der Waals surface area contributed by atoms with Crippen molar-refractivity contribution in [3.8, 4) is 0 Å². The molecule has 1 aliphatic heterocycles. The number of hydrogen-bond acceptors (Lipinski definition) is 3. The van der Waals surface area contributed by atoms with Crippen LogP contribution in [0.2, 0.25) is 0 Å². The number of carbonyl (C=O) groups excluding carboxylic acids is 1. The molecule has 0 saturated carbocycles. The first-order valence-corrected chi connectivity index (χ1v) is 6.69. The summed E-state index contributed by atoms with van der Waals surface area (Å²) >= 11 is 0. The largest absolute Gasteiger partial charge is 0.378 e. The zero-order chi connectivity index (χ0) is 15.0. The van der Waals surface area contributed by atoms with Gasteiger partial charge >= 0.3 is 0 Å². The topological polar surface area (TPSA) is 44.4 Å². The third-order valence-corrected chi connectivity index (χ3v) is 3.54. The van der Waals surface area contributed by atoms with Crippen molar-refractivity contribution in [1.29, 1.82) is 0 Å². The Labute approximate surface area is 122 Å². The van der Waals surface area contributed by atoms with E-state index in [1.807, 2.05) is 43.3 Å². The van der Waals surface area contributed by atoms with Gasteiger partial charge in [-0.05, 0) is 42.5 Å². The van der Waals surface area contributed by atoms with E-state index in [1.54, 1.807) is 6.07 Å². The molecule has 0 bridgehead atoms. The van der Waals surface area contributed by atoms with E-state index in [2.05, 4.69) is 10.6 Å². The molecule has 108 valence electrons. The van der Waals surface area contributed by atoms with Crippen LogP contribution in [0.3, 0.4) is 0 Å². The van der Waals surface area contributed by atoms with Gasteiger partial charge in [0, 0.05) is 36.7 Å². The summed E-state index contributed by atoms with van der Waals surface area (Å²) in [6, 6.07) is 11.5. The van der Waals surface area contributed by atoms with Crippen molar-refractivity contribution in [2.45, 2.75) is 6.04 Å². The number of hydrogen-bond donors (Lipinski definition) is 2. The van der Waals surface area contributed by atoms with E-state index in [1.165, 1.54) is 12.1 Å². The van der Waals surface area contributed by atoms with E-state index >= 15 is 0 Å². The molecular formula is C16H16FN3O. The summed E-state index contributed by atoms with van der Waals surface area (Å²) in [6.45, 7) is 0. The Morgan fingerprint density at radius 3 is 2.52 bits per heavy atom. The Bertz CT molecular complexity index is 682. The third-order valence-electron chi connectivity index (χ3n) is 3.54. The maximum Gasteiger partial charge on any atom is 0.251 e. The van der Waals surface area contributed by atoms with Crippen molar-refractivity contribution in [3.63, 3.8) is 0 Å². The highest BCUT2D eigenvalue weighted by atomic mass is 19.1. The molecular weight excluding hydrogens is 269 g/mol. The van der Waals surface area contributed by atoms with Gasteiger partial charge in [0.2, 0.25) is 0 Å². The number of benzene rings is 2. The first-order valence-electron chi connectivity index (χ1n) is 6.69. The molecule has 0 aliphatic carbocycles. The SMILES string of the molecule is CN(C)c1ccc(NC2C(=O)Nc3ccc(F)cc32)cc1. The van der Waals surface area contributed by atoms with E-state index < -0.39 is 6.04 Å². The van der Waals surface area contributed by atoms with Gasteiger partial charge in [-0.15, -0.1) is 0 Å². The van der Waals surface area contributed by atoms with E-state index in [0.717, 1.165) is 11.4 Å². The fraction of sp³-hybridized carbons (Fsp3) is 0.188. The Morgan fingerprint density at radius 1 is 1.14 bits per heavy atom. The third kappa shape index (κ3) is 2.54. The van der Waals surface area contributed by atoms with Crippen LogP contribution >= 0.6 is 0 Å². The zero-order valence-corrected chi connectivity index (χ0v) is 11.9. The normalized spacial score (nSPS) is 16.3. The van der Waals surface area contributed by atoms with Gasteiger partial charge in [-0.25, -0.2) is 4.39 Å². The van der Waals surface area contributed by atoms with Crippen LogP contribution in [0, 0.1) is 5.82 Å². The molecule has 0 aromatic heterocycles. The van der Waals surface area contributed by atoms with Gasteiger partial charge in [0.15, 0.2) is 0 Å². The standard InChI is InChI=1S/C16H16FN3O/c1-20(2)12-6-4-11(5-7-12)18-15-13-9-10(17)3-8-14(13)19-16(15)21/h3-9,15,18H,1-2H3,(H,19,21). The van der Waals surface area contributed by atoms with Crippen molar-refractivity contribution in [2.75, 3.05) is 29.6 Å². The van der Waals surface area contributed by atoms with Crippen molar-refractivity contribution in [3.05, 3.63) is 53.8 Å². The Balaban J connectivity index is 1.85. The highest BCUT2D eigenvalue weighted by molar-refractivity contribution is 6.04. The molecule has 0 spiro atoms. The van der Waals surface area contributed by atoms with Gasteiger partial charge < -0.3 is 15.5 Å². The predicted molar refractivity (Wildman–Crippen MR) is 82.2 cm³/mol. The van der Waals surface area contributed by atoms with Crippen LogP contribution in [-0.2, 0) is 4.79 Å². The molecule has 3 rings (SSSR count). The lowest BCUT2D eigenvalue weighted by molar-refractivity contribution is -0.116. The van der Waals surface area contributed by atoms with Gasteiger partial charge in [-0.1, -0.05) is 0 Å². The van der Waals surface area contributed by atoms with E-state index in [9.17, 15) is 9.18 Å². The van der Waals surface area contributed by atoms with Crippen LogP contribution in [-0.4, -0.2) is 20.0 Å². The fourth-order valence-electron chi connectivity index (χ4n) is 2.40. The molecule has 21 heavy (non-hydrogen) atoms. The molecule has 4 nitrogen and oxygen atoms in total. The molecule has 0 saturated heterocycles. The summed E-state index contributed by atoms with van der Waals surface area (Å²) in [5.74, 6) is -0.521. The van der Waals surface area contributed by atoms with E-state index in [0.29, 0.717) is 11.3 Å². The predicted octanol–water partition coefficient (Wildman–Crippen LogP) is 3.00. The van der Waals surface area contributed by atoms with Crippen molar-refractivity contribution in [2.24, 2.45) is 0 Å². The first kappa shape index (κ1) is 13.4. The molecule has 0 radical (unpaired) electrons. The average molecular weight is 285 g/mol. The number of rotatable bonds is 3. The molecule has 2 aromatic rings. The second-order valence-electron chi connectivity index (χ2n) is 5.24. The summed E-state index contributed by atoms with van der Waals surface area (Å²) in [6.07, 6.45) is 0. The minimum atomic E-state index is -0.569. The summed E-state index contributed by atoms with van der Waals surface area (Å²) in [4.78, 5) is 14.0. The highest BCUT2D eigenvalue weighted by Gasteiger charge is 2.30. The Hall–Kier alpha value is -2.56. The lowest BCUT2D eigenvalue weighted by Crippen LogP contribution is -2.19. The molecule has 2 aromatic carbocycles. The summed E-state index contributed by atoms with van der Waals surface area (Å²) in [5, 5.41) is 5.89.